The van der Waals surface area contributed by atoms with E-state index in [1.54, 1.807) is 55.6 Å². The first-order valence-corrected chi connectivity index (χ1v) is 9.44. The SMILES string of the molecule is COc1ccc(Cc2cc(C(=O)O)c(Cc3ccc(OC)cc3)c(C(=O)O)c2O)cc1. The van der Waals surface area contributed by atoms with Gasteiger partial charge in [0.15, 0.2) is 0 Å². The Balaban J connectivity index is 2.08. The second kappa shape index (κ2) is 9.21. The van der Waals surface area contributed by atoms with Gasteiger partial charge in [0.05, 0.1) is 19.8 Å². The Labute approximate surface area is 179 Å². The number of carboxylic acids is 2. The number of carboxylic acid groups (broad SMARTS) is 2. The molecule has 0 aromatic heterocycles. The summed E-state index contributed by atoms with van der Waals surface area (Å²) in [6, 6.07) is 15.2. The molecular weight excluding hydrogens is 400 g/mol. The molecule has 0 radical (unpaired) electrons. The zero-order chi connectivity index (χ0) is 22.5. The molecule has 0 bridgehead atoms. The van der Waals surface area contributed by atoms with E-state index in [4.69, 9.17) is 9.47 Å². The average Bonchev–Trinajstić information content (AvgIpc) is 2.76. The molecule has 3 aromatic rings. The normalized spacial score (nSPS) is 10.5. The minimum atomic E-state index is -1.39. The molecule has 0 atom stereocenters. The summed E-state index contributed by atoms with van der Waals surface area (Å²) in [6.45, 7) is 0. The number of aromatic hydroxyl groups is 1. The molecule has 0 aliphatic rings. The third kappa shape index (κ3) is 4.78. The van der Waals surface area contributed by atoms with E-state index < -0.39 is 23.3 Å². The second-order valence-electron chi connectivity index (χ2n) is 6.95. The van der Waals surface area contributed by atoms with Crippen LogP contribution in [-0.2, 0) is 12.8 Å². The maximum absolute atomic E-state index is 12.0. The van der Waals surface area contributed by atoms with Gasteiger partial charge < -0.3 is 24.8 Å². The molecule has 7 heteroatoms. The molecule has 0 spiro atoms. The molecule has 7 nitrogen and oxygen atoms in total. The number of hydrogen-bond donors (Lipinski definition) is 3. The fourth-order valence-electron chi connectivity index (χ4n) is 3.42. The number of phenols is 1. The van der Waals surface area contributed by atoms with E-state index in [0.29, 0.717) is 17.1 Å². The van der Waals surface area contributed by atoms with Gasteiger partial charge in [0.1, 0.15) is 22.8 Å². The number of carbonyl (C=O) groups is 2. The Bertz CT molecular complexity index is 1100. The van der Waals surface area contributed by atoms with E-state index >= 15 is 0 Å². The van der Waals surface area contributed by atoms with Gasteiger partial charge in [-0.1, -0.05) is 24.3 Å². The van der Waals surface area contributed by atoms with Crippen molar-refractivity contribution in [2.75, 3.05) is 14.2 Å². The molecule has 0 heterocycles. The summed E-state index contributed by atoms with van der Waals surface area (Å²) < 4.78 is 10.2. The quantitative estimate of drug-likeness (QED) is 0.503. The third-order valence-electron chi connectivity index (χ3n) is 5.02. The molecule has 0 fully saturated rings. The predicted octanol–water partition coefficient (Wildman–Crippen LogP) is 3.99. The number of methoxy groups -OCH3 is 2. The van der Waals surface area contributed by atoms with Crippen LogP contribution in [0.5, 0.6) is 17.2 Å². The van der Waals surface area contributed by atoms with E-state index in [1.807, 2.05) is 0 Å². The van der Waals surface area contributed by atoms with Crippen LogP contribution >= 0.6 is 0 Å². The zero-order valence-corrected chi connectivity index (χ0v) is 17.1. The number of aromatic carboxylic acids is 2. The maximum Gasteiger partial charge on any atom is 0.339 e. The predicted molar refractivity (Wildman–Crippen MR) is 114 cm³/mol. The minimum Gasteiger partial charge on any atom is -0.507 e. The first kappa shape index (κ1) is 21.7. The highest BCUT2D eigenvalue weighted by Gasteiger charge is 2.26. The smallest absolute Gasteiger partial charge is 0.339 e. The van der Waals surface area contributed by atoms with Crippen molar-refractivity contribution in [3.05, 3.63) is 88.0 Å². The molecule has 0 aliphatic heterocycles. The molecule has 0 saturated carbocycles. The summed E-state index contributed by atoms with van der Waals surface area (Å²) in [5, 5.41) is 30.3. The van der Waals surface area contributed by atoms with Crippen LogP contribution in [0.25, 0.3) is 0 Å². The zero-order valence-electron chi connectivity index (χ0n) is 17.1. The Morgan fingerprint density at radius 3 is 1.68 bits per heavy atom. The minimum absolute atomic E-state index is 0.0314. The van der Waals surface area contributed by atoms with Gasteiger partial charge in [-0.3, -0.25) is 0 Å². The largest absolute Gasteiger partial charge is 0.507 e. The van der Waals surface area contributed by atoms with E-state index in [0.717, 1.165) is 5.56 Å². The van der Waals surface area contributed by atoms with Crippen molar-refractivity contribution in [3.8, 4) is 17.2 Å². The average molecular weight is 422 g/mol. The van der Waals surface area contributed by atoms with Crippen molar-refractivity contribution in [2.45, 2.75) is 12.8 Å². The van der Waals surface area contributed by atoms with E-state index in [9.17, 15) is 24.9 Å². The molecule has 3 N–H and O–H groups in total. The summed E-state index contributed by atoms with van der Waals surface area (Å²) in [5.74, 6) is -1.81. The van der Waals surface area contributed by atoms with E-state index in [2.05, 4.69) is 0 Å². The molecule has 31 heavy (non-hydrogen) atoms. The first-order chi connectivity index (χ1) is 14.8. The number of hydrogen-bond acceptors (Lipinski definition) is 5. The highest BCUT2D eigenvalue weighted by atomic mass is 16.5. The third-order valence-corrected chi connectivity index (χ3v) is 5.02. The second-order valence-corrected chi connectivity index (χ2v) is 6.95. The molecule has 0 amide bonds. The fourth-order valence-corrected chi connectivity index (χ4v) is 3.42. The molecule has 0 unspecified atom stereocenters. The molecular formula is C24H22O7. The van der Waals surface area contributed by atoms with E-state index in [-0.39, 0.29) is 29.5 Å². The van der Waals surface area contributed by atoms with Crippen LogP contribution in [0.3, 0.4) is 0 Å². The van der Waals surface area contributed by atoms with Crippen LogP contribution in [0.4, 0.5) is 0 Å². The van der Waals surface area contributed by atoms with Crippen LogP contribution < -0.4 is 9.47 Å². The van der Waals surface area contributed by atoms with Gasteiger partial charge in [-0.05, 0) is 53.4 Å². The van der Waals surface area contributed by atoms with Gasteiger partial charge in [0.2, 0.25) is 0 Å². The van der Waals surface area contributed by atoms with Gasteiger partial charge in [-0.15, -0.1) is 0 Å². The van der Waals surface area contributed by atoms with Crippen LogP contribution in [0, 0.1) is 0 Å². The molecule has 160 valence electrons. The van der Waals surface area contributed by atoms with Gasteiger partial charge in [0, 0.05) is 12.0 Å². The monoisotopic (exact) mass is 422 g/mol. The van der Waals surface area contributed by atoms with Gasteiger partial charge in [-0.2, -0.15) is 0 Å². The van der Waals surface area contributed by atoms with Gasteiger partial charge in [-0.25, -0.2) is 9.59 Å². The topological polar surface area (TPSA) is 113 Å². The number of rotatable bonds is 8. The number of benzene rings is 3. The van der Waals surface area contributed by atoms with Crippen LogP contribution in [0.15, 0.2) is 54.6 Å². The Kier molecular flexibility index (Phi) is 6.45. The van der Waals surface area contributed by atoms with Crippen molar-refractivity contribution >= 4 is 11.9 Å². The van der Waals surface area contributed by atoms with Crippen LogP contribution in [0.2, 0.25) is 0 Å². The lowest BCUT2D eigenvalue weighted by molar-refractivity contribution is 0.0692. The van der Waals surface area contributed by atoms with Crippen LogP contribution in [0.1, 0.15) is 43.0 Å². The Morgan fingerprint density at radius 2 is 1.26 bits per heavy atom. The van der Waals surface area contributed by atoms with Crippen molar-refractivity contribution in [2.24, 2.45) is 0 Å². The van der Waals surface area contributed by atoms with Crippen molar-refractivity contribution in [3.63, 3.8) is 0 Å². The molecule has 3 aromatic carbocycles. The van der Waals surface area contributed by atoms with Gasteiger partial charge in [0.25, 0.3) is 0 Å². The van der Waals surface area contributed by atoms with Crippen LogP contribution in [-0.4, -0.2) is 41.5 Å². The lowest BCUT2D eigenvalue weighted by Crippen LogP contribution is -2.13. The van der Waals surface area contributed by atoms with Gasteiger partial charge >= 0.3 is 11.9 Å². The summed E-state index contributed by atoms with van der Waals surface area (Å²) in [4.78, 5) is 24.0. The first-order valence-electron chi connectivity index (χ1n) is 9.44. The molecule has 3 rings (SSSR count). The Hall–Kier alpha value is -4.00. The highest BCUT2D eigenvalue weighted by Crippen LogP contribution is 2.33. The van der Waals surface area contributed by atoms with Crippen molar-refractivity contribution in [1.82, 2.24) is 0 Å². The Morgan fingerprint density at radius 1 is 0.774 bits per heavy atom. The summed E-state index contributed by atoms with van der Waals surface area (Å²) in [5.41, 5.74) is 1.16. The van der Waals surface area contributed by atoms with Crippen molar-refractivity contribution < 1.29 is 34.4 Å². The summed E-state index contributed by atoms with van der Waals surface area (Å²) in [6.07, 6.45) is 0.197. The lowest BCUT2D eigenvalue weighted by atomic mass is 9.89. The summed E-state index contributed by atoms with van der Waals surface area (Å²) >= 11 is 0. The number of ether oxygens (including phenoxy) is 2. The standard InChI is InChI=1S/C24H22O7/c1-30-17-7-3-14(4-8-17)11-16-13-20(23(26)27)19(21(22(16)25)24(28)29)12-15-5-9-18(31-2)10-6-15/h3-10,13,25H,11-12H2,1-2H3,(H,26,27)(H,28,29). The molecule has 0 aliphatic carbocycles. The van der Waals surface area contributed by atoms with Crippen molar-refractivity contribution in [1.29, 1.82) is 0 Å². The maximum atomic E-state index is 12.0. The van der Waals surface area contributed by atoms with E-state index in [1.165, 1.54) is 13.2 Å². The summed E-state index contributed by atoms with van der Waals surface area (Å²) in [7, 11) is 3.07. The highest BCUT2D eigenvalue weighted by molar-refractivity contribution is 5.99. The lowest BCUT2D eigenvalue weighted by Gasteiger charge is -2.16. The molecule has 0 saturated heterocycles. The fraction of sp³-hybridized carbons (Fsp3) is 0.167.